The average molecular weight is 218 g/mol. The number of nitrogens with zero attached hydrogens (tertiary/aromatic N) is 3. The van der Waals surface area contributed by atoms with Crippen LogP contribution in [0, 0.1) is 11.3 Å². The van der Waals surface area contributed by atoms with Gasteiger partial charge in [-0.1, -0.05) is 5.22 Å². The van der Waals surface area contributed by atoms with Crippen molar-refractivity contribution >= 4 is 11.7 Å². The van der Waals surface area contributed by atoms with Crippen molar-refractivity contribution in [1.29, 1.82) is 5.26 Å². The third-order valence-electron chi connectivity index (χ3n) is 1.70. The zero-order chi connectivity index (χ0) is 11.8. The van der Waals surface area contributed by atoms with Crippen molar-refractivity contribution in [3.63, 3.8) is 0 Å². The molecule has 0 unspecified atom stereocenters. The van der Waals surface area contributed by atoms with Crippen LogP contribution in [0.1, 0.15) is 10.4 Å². The highest BCUT2D eigenvalue weighted by Crippen LogP contribution is 2.10. The highest BCUT2D eigenvalue weighted by Gasteiger charge is 2.03. The first-order valence-corrected chi connectivity index (χ1v) is 4.45. The number of carbonyl (C=O) groups excluding carboxylic acids is 1. The SMILES string of the molecule is COC(=O)c1ccc(NN=NCC#N)cc1. The molecule has 6 nitrogen and oxygen atoms in total. The number of anilines is 1. The molecule has 0 radical (unpaired) electrons. The quantitative estimate of drug-likeness (QED) is 0.361. The number of esters is 1. The third kappa shape index (κ3) is 3.38. The number of ether oxygens (including phenoxy) is 1. The van der Waals surface area contributed by atoms with Gasteiger partial charge in [-0.25, -0.2) is 4.79 Å². The van der Waals surface area contributed by atoms with Gasteiger partial charge in [-0.2, -0.15) is 10.4 Å². The van der Waals surface area contributed by atoms with Gasteiger partial charge in [0.15, 0.2) is 0 Å². The number of hydrogen-bond acceptors (Lipinski definition) is 5. The number of hydrogen-bond donors (Lipinski definition) is 1. The minimum Gasteiger partial charge on any atom is -0.465 e. The van der Waals surface area contributed by atoms with E-state index in [-0.39, 0.29) is 6.54 Å². The highest BCUT2D eigenvalue weighted by atomic mass is 16.5. The van der Waals surface area contributed by atoms with Crippen LogP contribution in [0.2, 0.25) is 0 Å². The van der Waals surface area contributed by atoms with Crippen LogP contribution in [-0.4, -0.2) is 19.6 Å². The van der Waals surface area contributed by atoms with E-state index in [0.717, 1.165) is 0 Å². The Kier molecular flexibility index (Phi) is 4.47. The minimum atomic E-state index is -0.391. The van der Waals surface area contributed by atoms with Crippen molar-refractivity contribution in [2.45, 2.75) is 0 Å². The van der Waals surface area contributed by atoms with Gasteiger partial charge in [0.25, 0.3) is 0 Å². The zero-order valence-electron chi connectivity index (χ0n) is 8.67. The largest absolute Gasteiger partial charge is 0.465 e. The van der Waals surface area contributed by atoms with Gasteiger partial charge in [0.2, 0.25) is 0 Å². The lowest BCUT2D eigenvalue weighted by Crippen LogP contribution is -2.00. The Morgan fingerprint density at radius 1 is 1.50 bits per heavy atom. The van der Waals surface area contributed by atoms with Crippen LogP contribution in [0.4, 0.5) is 5.69 Å². The number of rotatable bonds is 4. The van der Waals surface area contributed by atoms with E-state index < -0.39 is 5.97 Å². The van der Waals surface area contributed by atoms with Gasteiger partial charge < -0.3 is 4.74 Å². The first-order valence-electron chi connectivity index (χ1n) is 4.45. The number of methoxy groups -OCH3 is 1. The van der Waals surface area contributed by atoms with Crippen molar-refractivity contribution in [3.8, 4) is 6.07 Å². The van der Waals surface area contributed by atoms with E-state index in [1.165, 1.54) is 7.11 Å². The van der Waals surface area contributed by atoms with Crippen LogP contribution in [-0.2, 0) is 4.74 Å². The Balaban J connectivity index is 2.58. The van der Waals surface area contributed by atoms with Crippen molar-refractivity contribution in [1.82, 2.24) is 0 Å². The van der Waals surface area contributed by atoms with E-state index in [1.807, 2.05) is 6.07 Å². The average Bonchev–Trinajstić information content (AvgIpc) is 2.34. The Morgan fingerprint density at radius 3 is 2.75 bits per heavy atom. The maximum Gasteiger partial charge on any atom is 0.337 e. The summed E-state index contributed by atoms with van der Waals surface area (Å²) in [6, 6.07) is 8.36. The summed E-state index contributed by atoms with van der Waals surface area (Å²) in [6.45, 7) is 0.00719. The topological polar surface area (TPSA) is 86.8 Å². The Hall–Kier alpha value is -2.42. The van der Waals surface area contributed by atoms with Crippen LogP contribution in [0.3, 0.4) is 0 Å². The molecule has 0 saturated carbocycles. The summed E-state index contributed by atoms with van der Waals surface area (Å²) in [4.78, 5) is 11.1. The summed E-state index contributed by atoms with van der Waals surface area (Å²) in [5.74, 6) is -0.391. The molecule has 0 spiro atoms. The third-order valence-corrected chi connectivity index (χ3v) is 1.70. The maximum absolute atomic E-state index is 11.1. The summed E-state index contributed by atoms with van der Waals surface area (Å²) in [7, 11) is 1.32. The second kappa shape index (κ2) is 6.14. The van der Waals surface area contributed by atoms with Crippen LogP contribution >= 0.6 is 0 Å². The van der Waals surface area contributed by atoms with E-state index in [1.54, 1.807) is 24.3 Å². The smallest absolute Gasteiger partial charge is 0.337 e. The molecular weight excluding hydrogens is 208 g/mol. The van der Waals surface area contributed by atoms with Crippen molar-refractivity contribution in [2.75, 3.05) is 19.1 Å². The lowest BCUT2D eigenvalue weighted by atomic mass is 10.2. The van der Waals surface area contributed by atoms with Gasteiger partial charge in [-0.05, 0) is 24.3 Å². The highest BCUT2D eigenvalue weighted by molar-refractivity contribution is 5.89. The molecule has 0 aromatic heterocycles. The fraction of sp³-hybridized carbons (Fsp3) is 0.200. The summed E-state index contributed by atoms with van der Waals surface area (Å²) < 4.78 is 4.55. The molecule has 0 atom stereocenters. The molecule has 0 aliphatic carbocycles. The summed E-state index contributed by atoms with van der Waals surface area (Å²) in [5.41, 5.74) is 3.75. The summed E-state index contributed by atoms with van der Waals surface area (Å²) >= 11 is 0. The molecule has 0 aliphatic rings. The van der Waals surface area contributed by atoms with Gasteiger partial charge in [-0.3, -0.25) is 5.43 Å². The molecule has 0 fully saturated rings. The van der Waals surface area contributed by atoms with Crippen LogP contribution < -0.4 is 5.43 Å². The van der Waals surface area contributed by atoms with Crippen LogP contribution in [0.5, 0.6) is 0 Å². The van der Waals surface area contributed by atoms with E-state index in [9.17, 15) is 4.79 Å². The maximum atomic E-state index is 11.1. The lowest BCUT2D eigenvalue weighted by Gasteiger charge is -2.01. The molecule has 6 heteroatoms. The standard InChI is InChI=1S/C10H10N4O2/c1-16-10(15)8-2-4-9(5-3-8)13-14-12-7-6-11/h2-5H,7H2,1H3,(H,12,13). The molecule has 16 heavy (non-hydrogen) atoms. The Morgan fingerprint density at radius 2 is 2.19 bits per heavy atom. The Labute approximate surface area is 92.5 Å². The second-order valence-corrected chi connectivity index (χ2v) is 2.74. The monoisotopic (exact) mass is 218 g/mol. The van der Waals surface area contributed by atoms with E-state index >= 15 is 0 Å². The number of benzene rings is 1. The van der Waals surface area contributed by atoms with Crippen molar-refractivity contribution < 1.29 is 9.53 Å². The molecule has 1 rings (SSSR count). The molecule has 0 bridgehead atoms. The molecule has 0 heterocycles. The van der Waals surface area contributed by atoms with Crippen LogP contribution in [0.25, 0.3) is 0 Å². The molecular formula is C10H10N4O2. The molecule has 0 amide bonds. The van der Waals surface area contributed by atoms with Crippen LogP contribution in [0.15, 0.2) is 34.6 Å². The molecule has 1 N–H and O–H groups in total. The van der Waals surface area contributed by atoms with E-state index in [0.29, 0.717) is 11.3 Å². The van der Waals surface area contributed by atoms with Crippen molar-refractivity contribution in [3.05, 3.63) is 29.8 Å². The fourth-order valence-corrected chi connectivity index (χ4v) is 0.959. The van der Waals surface area contributed by atoms with Gasteiger partial charge in [0.1, 0.15) is 6.54 Å². The van der Waals surface area contributed by atoms with E-state index in [4.69, 9.17) is 5.26 Å². The number of carbonyl (C=O) groups is 1. The number of nitrogens with one attached hydrogen (secondary N) is 1. The van der Waals surface area contributed by atoms with Gasteiger partial charge in [0.05, 0.1) is 24.4 Å². The van der Waals surface area contributed by atoms with E-state index in [2.05, 4.69) is 20.5 Å². The van der Waals surface area contributed by atoms with Gasteiger partial charge in [0, 0.05) is 0 Å². The van der Waals surface area contributed by atoms with Crippen molar-refractivity contribution in [2.24, 2.45) is 10.3 Å². The molecule has 82 valence electrons. The molecule has 0 saturated heterocycles. The van der Waals surface area contributed by atoms with Gasteiger partial charge in [-0.15, -0.1) is 0 Å². The lowest BCUT2D eigenvalue weighted by molar-refractivity contribution is 0.0601. The first kappa shape index (κ1) is 11.7. The predicted molar refractivity (Wildman–Crippen MR) is 56.7 cm³/mol. The number of nitriles is 1. The zero-order valence-corrected chi connectivity index (χ0v) is 8.67. The Bertz CT molecular complexity index is 419. The fourth-order valence-electron chi connectivity index (χ4n) is 0.959. The first-order chi connectivity index (χ1) is 7.77. The molecule has 0 aliphatic heterocycles. The predicted octanol–water partition coefficient (Wildman–Crippen LogP) is 1.78. The summed E-state index contributed by atoms with van der Waals surface area (Å²) in [5, 5.41) is 15.3. The minimum absolute atomic E-state index is 0.00719. The molecule has 1 aromatic carbocycles. The second-order valence-electron chi connectivity index (χ2n) is 2.74. The summed E-state index contributed by atoms with van der Waals surface area (Å²) in [6.07, 6.45) is 0. The normalized spacial score (nSPS) is 9.75. The molecule has 1 aromatic rings. The van der Waals surface area contributed by atoms with Gasteiger partial charge >= 0.3 is 5.97 Å².